The molecule has 4 aromatic rings. The maximum Gasteiger partial charge on any atom is 0.254 e. The van der Waals surface area contributed by atoms with Gasteiger partial charge in [0.1, 0.15) is 17.2 Å². The van der Waals surface area contributed by atoms with Gasteiger partial charge in [0.05, 0.1) is 42.1 Å². The van der Waals surface area contributed by atoms with Crippen LogP contribution in [0.4, 0.5) is 23.1 Å². The Balaban J connectivity index is 1.46. The fraction of sp³-hybridized carbons (Fsp3) is 0.296. The highest BCUT2D eigenvalue weighted by molar-refractivity contribution is 8.00. The third-order valence-corrected chi connectivity index (χ3v) is 7.36. The van der Waals surface area contributed by atoms with Crippen LogP contribution >= 0.6 is 23.4 Å². The summed E-state index contributed by atoms with van der Waals surface area (Å²) in [6.07, 6.45) is 1.69. The highest BCUT2D eigenvalue weighted by atomic mass is 35.5. The predicted octanol–water partition coefficient (Wildman–Crippen LogP) is 6.08. The third kappa shape index (κ3) is 5.67. The number of H-pyrrole nitrogens is 1. The van der Waals surface area contributed by atoms with E-state index in [0.717, 1.165) is 10.6 Å². The Kier molecular flexibility index (Phi) is 7.92. The molecule has 3 heterocycles. The summed E-state index contributed by atoms with van der Waals surface area (Å²) in [4.78, 5) is 28.3. The van der Waals surface area contributed by atoms with E-state index < -0.39 is 0 Å². The predicted molar refractivity (Wildman–Crippen MR) is 153 cm³/mol. The number of nitrogens with zero attached hydrogens (tertiary/aromatic N) is 3. The summed E-state index contributed by atoms with van der Waals surface area (Å²) in [7, 11) is 1.56. The van der Waals surface area contributed by atoms with Crippen LogP contribution in [-0.4, -0.2) is 64.4 Å². The number of carbonyl (C=O) groups excluding carboxylic acids is 1. The number of hydrogen-bond acceptors (Lipinski definition) is 8. The van der Waals surface area contributed by atoms with Crippen molar-refractivity contribution in [2.75, 3.05) is 44.0 Å². The van der Waals surface area contributed by atoms with Gasteiger partial charge in [0.2, 0.25) is 5.95 Å². The van der Waals surface area contributed by atoms with E-state index in [4.69, 9.17) is 26.1 Å². The molecule has 198 valence electrons. The van der Waals surface area contributed by atoms with E-state index in [-0.39, 0.29) is 5.91 Å². The zero-order valence-electron chi connectivity index (χ0n) is 21.4. The fourth-order valence-electron chi connectivity index (χ4n) is 4.19. The number of ether oxygens (including phenoxy) is 2. The standard InChI is InChI=1S/C27H29ClN6O3S/c1-16(2)38-22-7-5-4-6-20(22)30-25-23-18(28)15-29-24(23)32-27(33-25)31-19-9-8-17(14-21(19)36-3)26(35)34-10-12-37-13-11-34/h4-9,14-16H,10-13H2,1-3H3,(H3,29,30,31,32,33). The van der Waals surface area contributed by atoms with Gasteiger partial charge in [-0.25, -0.2) is 0 Å². The summed E-state index contributed by atoms with van der Waals surface area (Å²) < 4.78 is 11.0. The van der Waals surface area contributed by atoms with Crippen molar-refractivity contribution in [2.24, 2.45) is 0 Å². The molecule has 0 bridgehead atoms. The van der Waals surface area contributed by atoms with Crippen LogP contribution in [-0.2, 0) is 4.74 Å². The van der Waals surface area contributed by atoms with Crippen molar-refractivity contribution < 1.29 is 14.3 Å². The molecule has 9 nitrogen and oxygen atoms in total. The van der Waals surface area contributed by atoms with Crippen molar-refractivity contribution in [2.45, 2.75) is 24.0 Å². The van der Waals surface area contributed by atoms with Gasteiger partial charge in [-0.1, -0.05) is 37.6 Å². The molecule has 2 aromatic heterocycles. The second kappa shape index (κ2) is 11.5. The second-order valence-corrected chi connectivity index (χ2v) is 11.0. The molecule has 1 amide bonds. The van der Waals surface area contributed by atoms with Crippen LogP contribution < -0.4 is 15.4 Å². The first kappa shape index (κ1) is 26.1. The number of fused-ring (bicyclic) bond motifs is 1. The van der Waals surface area contributed by atoms with Crippen molar-refractivity contribution in [3.05, 3.63) is 59.2 Å². The largest absolute Gasteiger partial charge is 0.495 e. The number of thioether (sulfide) groups is 1. The molecule has 3 N–H and O–H groups in total. The maximum absolute atomic E-state index is 12.9. The zero-order chi connectivity index (χ0) is 26.6. The lowest BCUT2D eigenvalue weighted by Gasteiger charge is -2.27. The second-order valence-electron chi connectivity index (χ2n) is 8.99. The van der Waals surface area contributed by atoms with Gasteiger partial charge in [0, 0.05) is 35.0 Å². The number of methoxy groups -OCH3 is 1. The van der Waals surface area contributed by atoms with Gasteiger partial charge in [-0.2, -0.15) is 9.97 Å². The lowest BCUT2D eigenvalue weighted by molar-refractivity contribution is 0.0302. The van der Waals surface area contributed by atoms with Crippen LogP contribution in [0, 0.1) is 0 Å². The topological polar surface area (TPSA) is 104 Å². The molecule has 0 atom stereocenters. The molecule has 38 heavy (non-hydrogen) atoms. The van der Waals surface area contributed by atoms with Crippen molar-refractivity contribution >= 4 is 63.4 Å². The van der Waals surface area contributed by atoms with Crippen LogP contribution in [0.15, 0.2) is 53.6 Å². The molecule has 0 radical (unpaired) electrons. The van der Waals surface area contributed by atoms with E-state index in [1.165, 1.54) is 0 Å². The van der Waals surface area contributed by atoms with Gasteiger partial charge in [0.15, 0.2) is 0 Å². The molecule has 0 spiro atoms. The van der Waals surface area contributed by atoms with E-state index in [2.05, 4.69) is 40.5 Å². The van der Waals surface area contributed by atoms with E-state index in [1.807, 2.05) is 18.2 Å². The van der Waals surface area contributed by atoms with E-state index in [9.17, 15) is 4.79 Å². The third-order valence-electron chi connectivity index (χ3n) is 5.98. The Morgan fingerprint density at radius 2 is 1.92 bits per heavy atom. The number of benzene rings is 2. The minimum Gasteiger partial charge on any atom is -0.495 e. The van der Waals surface area contributed by atoms with Gasteiger partial charge < -0.3 is 30.0 Å². The van der Waals surface area contributed by atoms with E-state index in [1.54, 1.807) is 48.2 Å². The fourth-order valence-corrected chi connectivity index (χ4v) is 5.34. The molecular formula is C27H29ClN6O3S. The van der Waals surface area contributed by atoms with Crippen molar-refractivity contribution in [3.8, 4) is 5.75 Å². The van der Waals surface area contributed by atoms with Crippen LogP contribution in [0.5, 0.6) is 5.75 Å². The molecular weight excluding hydrogens is 524 g/mol. The lowest BCUT2D eigenvalue weighted by Crippen LogP contribution is -2.40. The molecule has 2 aromatic carbocycles. The average Bonchev–Trinajstić information content (AvgIpc) is 3.30. The Morgan fingerprint density at radius 3 is 2.68 bits per heavy atom. The number of anilines is 4. The highest BCUT2D eigenvalue weighted by Crippen LogP contribution is 2.36. The Hall–Kier alpha value is -3.47. The summed E-state index contributed by atoms with van der Waals surface area (Å²) in [5.41, 5.74) is 2.69. The zero-order valence-corrected chi connectivity index (χ0v) is 22.9. The summed E-state index contributed by atoms with van der Waals surface area (Å²) in [6, 6.07) is 13.4. The number of hydrogen-bond donors (Lipinski definition) is 3. The minimum atomic E-state index is -0.0544. The summed E-state index contributed by atoms with van der Waals surface area (Å²) >= 11 is 8.26. The normalized spacial score (nSPS) is 13.7. The van der Waals surface area contributed by atoms with Gasteiger partial charge >= 0.3 is 0 Å². The quantitative estimate of drug-likeness (QED) is 0.226. The first-order valence-electron chi connectivity index (χ1n) is 12.3. The van der Waals surface area contributed by atoms with Gasteiger partial charge in [-0.05, 0) is 30.3 Å². The molecule has 0 saturated carbocycles. The first-order valence-corrected chi connectivity index (χ1v) is 13.6. The number of morpholine rings is 1. The van der Waals surface area contributed by atoms with Crippen LogP contribution in [0.2, 0.25) is 5.02 Å². The first-order chi connectivity index (χ1) is 18.4. The monoisotopic (exact) mass is 552 g/mol. The molecule has 1 aliphatic heterocycles. The van der Waals surface area contributed by atoms with Crippen LogP contribution in [0.25, 0.3) is 11.0 Å². The minimum absolute atomic E-state index is 0.0544. The number of amides is 1. The molecule has 5 rings (SSSR count). The van der Waals surface area contributed by atoms with Gasteiger partial charge in [0.25, 0.3) is 5.91 Å². The summed E-state index contributed by atoms with van der Waals surface area (Å²) in [6.45, 7) is 6.54. The summed E-state index contributed by atoms with van der Waals surface area (Å²) in [5, 5.41) is 8.33. The van der Waals surface area contributed by atoms with Gasteiger partial charge in [-0.3, -0.25) is 4.79 Å². The number of aromatic amines is 1. The van der Waals surface area contributed by atoms with E-state index >= 15 is 0 Å². The number of rotatable bonds is 8. The summed E-state index contributed by atoms with van der Waals surface area (Å²) in [5.74, 6) is 1.36. The Labute approximate surface area is 230 Å². The number of carbonyl (C=O) groups is 1. The number of para-hydroxylation sites is 1. The number of halogens is 1. The highest BCUT2D eigenvalue weighted by Gasteiger charge is 2.21. The number of nitrogens with one attached hydrogen (secondary N) is 3. The van der Waals surface area contributed by atoms with Crippen LogP contribution in [0.3, 0.4) is 0 Å². The SMILES string of the molecule is COc1cc(C(=O)N2CCOCC2)ccc1Nc1nc(Nc2ccccc2SC(C)C)c2c(Cl)c[nH]c2n1. The van der Waals surface area contributed by atoms with Crippen molar-refractivity contribution in [1.82, 2.24) is 19.9 Å². The number of aromatic nitrogens is 3. The average molecular weight is 553 g/mol. The Bertz CT molecular complexity index is 1450. The molecule has 1 fully saturated rings. The molecule has 0 unspecified atom stereocenters. The lowest BCUT2D eigenvalue weighted by atomic mass is 10.1. The molecule has 0 aliphatic carbocycles. The van der Waals surface area contributed by atoms with E-state index in [0.29, 0.717) is 76.4 Å². The van der Waals surface area contributed by atoms with Crippen molar-refractivity contribution in [3.63, 3.8) is 0 Å². The van der Waals surface area contributed by atoms with Crippen molar-refractivity contribution in [1.29, 1.82) is 0 Å². The maximum atomic E-state index is 12.9. The van der Waals surface area contributed by atoms with Crippen LogP contribution in [0.1, 0.15) is 24.2 Å². The Morgan fingerprint density at radius 1 is 1.13 bits per heavy atom. The molecule has 1 aliphatic rings. The van der Waals surface area contributed by atoms with Gasteiger partial charge in [-0.15, -0.1) is 11.8 Å². The molecule has 1 saturated heterocycles. The smallest absolute Gasteiger partial charge is 0.254 e. The molecule has 11 heteroatoms.